The maximum absolute atomic E-state index is 5.33. The molecule has 0 saturated carbocycles. The highest BCUT2D eigenvalue weighted by atomic mass is 32.1. The first-order chi connectivity index (χ1) is 10.4. The van der Waals surface area contributed by atoms with Gasteiger partial charge in [-0.05, 0) is 38.2 Å². The van der Waals surface area contributed by atoms with Gasteiger partial charge >= 0.3 is 0 Å². The summed E-state index contributed by atoms with van der Waals surface area (Å²) in [6.07, 6.45) is 0. The van der Waals surface area contributed by atoms with Crippen LogP contribution in [0.5, 0.6) is 0 Å². The molecule has 4 nitrogen and oxygen atoms in total. The molecule has 22 heavy (non-hydrogen) atoms. The third-order valence-corrected chi connectivity index (χ3v) is 3.73. The van der Waals surface area contributed by atoms with E-state index in [9.17, 15) is 0 Å². The number of hydrazine groups is 1. The van der Waals surface area contributed by atoms with E-state index in [0.29, 0.717) is 11.7 Å². The molecule has 1 heterocycles. The molecule has 1 aliphatic heterocycles. The highest BCUT2D eigenvalue weighted by Gasteiger charge is 2.29. The fourth-order valence-corrected chi connectivity index (χ4v) is 2.43. The van der Waals surface area contributed by atoms with Crippen molar-refractivity contribution in [3.63, 3.8) is 0 Å². The molecule has 2 N–H and O–H groups in total. The van der Waals surface area contributed by atoms with Gasteiger partial charge in [0.15, 0.2) is 5.11 Å². The highest BCUT2D eigenvalue weighted by molar-refractivity contribution is 7.80. The summed E-state index contributed by atoms with van der Waals surface area (Å²) in [5, 5.41) is 11.1. The number of nitrogens with one attached hydrogen (secondary N) is 2. The average molecular weight is 314 g/mol. The standard InChI is InChI=1S/C17H22N4S/c1-12(2)11-18-17(22)19-16-13(3)20(5)21(14(16)4)15-9-7-6-8-10-15/h6-10H,1,4,11H2,2-3,5H3,(H2,18,19,22). The zero-order chi connectivity index (χ0) is 16.3. The summed E-state index contributed by atoms with van der Waals surface area (Å²) in [6.45, 7) is 12.7. The minimum atomic E-state index is 0.571. The second-order valence-corrected chi connectivity index (χ2v) is 5.75. The van der Waals surface area contributed by atoms with Crippen molar-refractivity contribution in [2.45, 2.75) is 13.8 Å². The van der Waals surface area contributed by atoms with Crippen molar-refractivity contribution in [1.29, 1.82) is 0 Å². The van der Waals surface area contributed by atoms with Crippen LogP contribution in [-0.4, -0.2) is 23.7 Å². The van der Waals surface area contributed by atoms with Crippen molar-refractivity contribution in [1.82, 2.24) is 15.6 Å². The maximum Gasteiger partial charge on any atom is 0.171 e. The molecule has 0 unspecified atom stereocenters. The number of allylic oxidation sites excluding steroid dienone is 1. The lowest BCUT2D eigenvalue weighted by Gasteiger charge is -2.29. The van der Waals surface area contributed by atoms with E-state index in [2.05, 4.69) is 45.9 Å². The van der Waals surface area contributed by atoms with Crippen LogP contribution in [0.25, 0.3) is 0 Å². The predicted octanol–water partition coefficient (Wildman–Crippen LogP) is 3.14. The number of anilines is 1. The third-order valence-electron chi connectivity index (χ3n) is 3.48. The molecule has 0 saturated heterocycles. The van der Waals surface area contributed by atoms with E-state index in [0.717, 1.165) is 28.4 Å². The molecule has 116 valence electrons. The van der Waals surface area contributed by atoms with Gasteiger partial charge in [-0.2, -0.15) is 0 Å². The van der Waals surface area contributed by atoms with Gasteiger partial charge in [0.2, 0.25) is 0 Å². The summed E-state index contributed by atoms with van der Waals surface area (Å²) in [7, 11) is 2.01. The molecule has 0 fully saturated rings. The zero-order valence-corrected chi connectivity index (χ0v) is 14.1. The number of nitrogens with zero attached hydrogens (tertiary/aromatic N) is 2. The van der Waals surface area contributed by atoms with Crippen LogP contribution < -0.4 is 15.6 Å². The molecule has 0 bridgehead atoms. The van der Waals surface area contributed by atoms with Crippen LogP contribution in [0.3, 0.4) is 0 Å². The minimum Gasteiger partial charge on any atom is -0.359 e. The van der Waals surface area contributed by atoms with Crippen LogP contribution in [0.1, 0.15) is 13.8 Å². The Kier molecular flexibility index (Phi) is 4.88. The Labute approximate surface area is 137 Å². The predicted molar refractivity (Wildman–Crippen MR) is 97.1 cm³/mol. The minimum absolute atomic E-state index is 0.571. The van der Waals surface area contributed by atoms with Gasteiger partial charge < -0.3 is 10.6 Å². The molecule has 1 aromatic carbocycles. The molecule has 1 aliphatic rings. The normalized spacial score (nSPS) is 14.4. The van der Waals surface area contributed by atoms with E-state index >= 15 is 0 Å². The van der Waals surface area contributed by atoms with Crippen molar-refractivity contribution >= 4 is 23.0 Å². The summed E-state index contributed by atoms with van der Waals surface area (Å²) in [5.41, 5.74) is 4.94. The first-order valence-electron chi connectivity index (χ1n) is 7.10. The summed E-state index contributed by atoms with van der Waals surface area (Å²) >= 11 is 5.33. The van der Waals surface area contributed by atoms with Crippen LogP contribution in [0, 0.1) is 0 Å². The van der Waals surface area contributed by atoms with Crippen LogP contribution in [0.4, 0.5) is 5.69 Å². The van der Waals surface area contributed by atoms with Crippen molar-refractivity contribution in [2.24, 2.45) is 0 Å². The van der Waals surface area contributed by atoms with E-state index in [1.807, 2.05) is 39.1 Å². The second-order valence-electron chi connectivity index (χ2n) is 5.34. The fourth-order valence-electron chi connectivity index (χ4n) is 2.26. The monoisotopic (exact) mass is 314 g/mol. The van der Waals surface area contributed by atoms with Gasteiger partial charge in [-0.3, -0.25) is 10.0 Å². The van der Waals surface area contributed by atoms with Crippen molar-refractivity contribution in [3.05, 3.63) is 66.2 Å². The van der Waals surface area contributed by atoms with Crippen LogP contribution in [0.15, 0.2) is 66.2 Å². The van der Waals surface area contributed by atoms with E-state index in [-0.39, 0.29) is 0 Å². The number of rotatable bonds is 4. The number of hydrogen-bond acceptors (Lipinski definition) is 3. The summed E-state index contributed by atoms with van der Waals surface area (Å²) < 4.78 is 0. The Bertz CT molecular complexity index is 633. The van der Waals surface area contributed by atoms with Gasteiger partial charge in [0.25, 0.3) is 0 Å². The Morgan fingerprint density at radius 3 is 2.50 bits per heavy atom. The Morgan fingerprint density at radius 2 is 1.91 bits per heavy atom. The molecule has 0 aromatic heterocycles. The average Bonchev–Trinajstić information content (AvgIpc) is 2.70. The Morgan fingerprint density at radius 1 is 1.27 bits per heavy atom. The fraction of sp³-hybridized carbons (Fsp3) is 0.235. The lowest BCUT2D eigenvalue weighted by molar-refractivity contribution is 0.438. The van der Waals surface area contributed by atoms with Crippen molar-refractivity contribution in [2.75, 3.05) is 18.6 Å². The molecule has 0 aliphatic carbocycles. The molecule has 0 radical (unpaired) electrons. The van der Waals surface area contributed by atoms with Gasteiger partial charge in [-0.15, -0.1) is 0 Å². The first-order valence-corrected chi connectivity index (χ1v) is 7.51. The first kappa shape index (κ1) is 16.1. The summed E-state index contributed by atoms with van der Waals surface area (Å²) in [4.78, 5) is 0. The number of para-hydroxylation sites is 1. The van der Waals surface area contributed by atoms with Crippen LogP contribution >= 0.6 is 12.2 Å². The van der Waals surface area contributed by atoms with E-state index in [1.54, 1.807) is 0 Å². The highest BCUT2D eigenvalue weighted by Crippen LogP contribution is 2.32. The molecule has 1 aromatic rings. The van der Waals surface area contributed by atoms with Gasteiger partial charge in [0.1, 0.15) is 0 Å². The van der Waals surface area contributed by atoms with E-state index < -0.39 is 0 Å². The van der Waals surface area contributed by atoms with Gasteiger partial charge in [-0.25, -0.2) is 0 Å². The van der Waals surface area contributed by atoms with E-state index in [1.165, 1.54) is 0 Å². The molecular formula is C17H22N4S. The Hall–Kier alpha value is -2.27. The Balaban J connectivity index is 2.14. The molecule has 5 heteroatoms. The summed E-state index contributed by atoms with van der Waals surface area (Å²) in [5.74, 6) is 0. The molecule has 2 rings (SSSR count). The summed E-state index contributed by atoms with van der Waals surface area (Å²) in [6, 6.07) is 10.1. The molecule has 0 spiro atoms. The molecule has 0 amide bonds. The van der Waals surface area contributed by atoms with Gasteiger partial charge in [-0.1, -0.05) is 36.9 Å². The van der Waals surface area contributed by atoms with Crippen molar-refractivity contribution in [3.8, 4) is 0 Å². The zero-order valence-electron chi connectivity index (χ0n) is 13.3. The molecular weight excluding hydrogens is 292 g/mol. The number of benzene rings is 1. The molecule has 0 atom stereocenters. The number of thiocarbonyl (C=S) groups is 1. The topological polar surface area (TPSA) is 30.5 Å². The van der Waals surface area contributed by atoms with Gasteiger partial charge in [0.05, 0.1) is 22.8 Å². The smallest absolute Gasteiger partial charge is 0.171 e. The van der Waals surface area contributed by atoms with Crippen molar-refractivity contribution < 1.29 is 0 Å². The third kappa shape index (κ3) is 3.31. The largest absolute Gasteiger partial charge is 0.359 e. The lowest BCUT2D eigenvalue weighted by Crippen LogP contribution is -2.36. The SMILES string of the molecule is C=C(C)CNC(=S)NC1=C(C)N(C)N(c2ccccc2)C1=C. The quantitative estimate of drug-likeness (QED) is 0.658. The maximum atomic E-state index is 5.33. The van der Waals surface area contributed by atoms with Crippen LogP contribution in [-0.2, 0) is 0 Å². The van der Waals surface area contributed by atoms with Gasteiger partial charge in [0, 0.05) is 13.6 Å². The number of hydrogen-bond donors (Lipinski definition) is 2. The second kappa shape index (κ2) is 6.66. The van der Waals surface area contributed by atoms with E-state index in [4.69, 9.17) is 12.2 Å². The lowest BCUT2D eigenvalue weighted by atomic mass is 10.2. The van der Waals surface area contributed by atoms with Crippen LogP contribution in [0.2, 0.25) is 0 Å².